The molecule has 9 nitrogen and oxygen atoms in total. The normalized spacial score (nSPS) is 20.6. The topological polar surface area (TPSA) is 102 Å². The molecule has 1 fully saturated rings. The third kappa shape index (κ3) is 3.42. The minimum absolute atomic E-state index is 0.284. The molecule has 3 atom stereocenters. The van der Waals surface area contributed by atoms with Gasteiger partial charge in [-0.3, -0.25) is 14.6 Å². The van der Waals surface area contributed by atoms with E-state index in [1.165, 1.54) is 14.2 Å². The number of ether oxygens (including phenoxy) is 2. The van der Waals surface area contributed by atoms with Gasteiger partial charge in [0.05, 0.1) is 31.5 Å². The average molecular weight is 422 g/mol. The Morgan fingerprint density at radius 3 is 2.35 bits per heavy atom. The molecule has 9 heteroatoms. The first-order valence-corrected chi connectivity index (χ1v) is 9.72. The summed E-state index contributed by atoms with van der Waals surface area (Å²) in [6.07, 6.45) is 1.79. The Labute approximate surface area is 178 Å². The number of rotatable bonds is 4. The van der Waals surface area contributed by atoms with Crippen LogP contribution in [0.4, 0.5) is 5.69 Å². The average Bonchev–Trinajstić information content (AvgIpc) is 3.18. The fourth-order valence-electron chi connectivity index (χ4n) is 4.11. The summed E-state index contributed by atoms with van der Waals surface area (Å²) >= 11 is 0. The highest BCUT2D eigenvalue weighted by molar-refractivity contribution is 5.89. The van der Waals surface area contributed by atoms with E-state index in [0.717, 1.165) is 0 Å². The number of hydrogen-bond acceptors (Lipinski definition) is 8. The summed E-state index contributed by atoms with van der Waals surface area (Å²) in [5.41, 5.74) is 4.73. The van der Waals surface area contributed by atoms with Gasteiger partial charge in [-0.2, -0.15) is 4.98 Å². The van der Waals surface area contributed by atoms with Gasteiger partial charge in [0.2, 0.25) is 0 Å². The second kappa shape index (κ2) is 8.19. The third-order valence-electron chi connectivity index (χ3n) is 5.55. The SMILES string of the molecule is COC(=O)[C@H]1[C@@H](C(=O)OC)N(c2ccccc2)N[C@H]1c1c(C)n2ccccc2nc1=O. The number of anilines is 1. The molecule has 0 bridgehead atoms. The number of para-hydroxylation sites is 1. The Hall–Kier alpha value is -3.72. The lowest BCUT2D eigenvalue weighted by Crippen LogP contribution is -2.45. The van der Waals surface area contributed by atoms with Crippen LogP contribution < -0.4 is 16.0 Å². The van der Waals surface area contributed by atoms with Crippen LogP contribution in [0.15, 0.2) is 59.5 Å². The number of pyridine rings is 1. The number of esters is 2. The van der Waals surface area contributed by atoms with E-state index in [4.69, 9.17) is 9.47 Å². The summed E-state index contributed by atoms with van der Waals surface area (Å²) in [5, 5.41) is 1.55. The Balaban J connectivity index is 1.92. The van der Waals surface area contributed by atoms with Crippen LogP contribution in [0.2, 0.25) is 0 Å². The monoisotopic (exact) mass is 422 g/mol. The fraction of sp³-hybridized carbons (Fsp3) is 0.273. The van der Waals surface area contributed by atoms with Crippen LogP contribution in [-0.4, -0.2) is 41.6 Å². The van der Waals surface area contributed by atoms with E-state index in [2.05, 4.69) is 10.4 Å². The molecule has 1 aliphatic heterocycles. The van der Waals surface area contributed by atoms with E-state index < -0.39 is 35.5 Å². The number of aromatic nitrogens is 2. The van der Waals surface area contributed by atoms with Crippen molar-refractivity contribution in [3.05, 3.63) is 76.3 Å². The second-order valence-electron chi connectivity index (χ2n) is 7.17. The summed E-state index contributed by atoms with van der Waals surface area (Å²) in [7, 11) is 2.50. The van der Waals surface area contributed by atoms with Crippen molar-refractivity contribution in [2.24, 2.45) is 5.92 Å². The molecule has 31 heavy (non-hydrogen) atoms. The Bertz CT molecular complexity index is 1190. The predicted octanol–water partition coefficient (Wildman–Crippen LogP) is 1.40. The summed E-state index contributed by atoms with van der Waals surface area (Å²) in [6.45, 7) is 1.78. The maximum absolute atomic E-state index is 13.0. The van der Waals surface area contributed by atoms with Gasteiger partial charge in [-0.05, 0) is 31.2 Å². The van der Waals surface area contributed by atoms with Crippen molar-refractivity contribution in [2.75, 3.05) is 19.2 Å². The second-order valence-corrected chi connectivity index (χ2v) is 7.17. The van der Waals surface area contributed by atoms with Gasteiger partial charge >= 0.3 is 11.9 Å². The number of nitrogens with zero attached hydrogens (tertiary/aromatic N) is 3. The van der Waals surface area contributed by atoms with Crippen LogP contribution in [0.25, 0.3) is 5.65 Å². The van der Waals surface area contributed by atoms with Crippen LogP contribution in [0.5, 0.6) is 0 Å². The molecule has 0 amide bonds. The highest BCUT2D eigenvalue weighted by atomic mass is 16.5. The number of hydrazine groups is 1. The number of benzene rings is 1. The van der Waals surface area contributed by atoms with E-state index >= 15 is 0 Å². The predicted molar refractivity (Wildman–Crippen MR) is 112 cm³/mol. The molecule has 0 radical (unpaired) electrons. The standard InChI is InChI=1S/C22H22N4O5/c1-13-16(20(27)23-15-11-7-8-12-25(13)15)18-17(21(28)30-2)19(22(29)31-3)26(24-18)14-9-5-4-6-10-14/h4-12,17-19,24H,1-3H3/t17-,18+,19+/m1/s1. The molecule has 1 aromatic carbocycles. The first-order chi connectivity index (χ1) is 15.0. The molecule has 0 spiro atoms. The van der Waals surface area contributed by atoms with E-state index in [1.54, 1.807) is 46.8 Å². The molecular weight excluding hydrogens is 400 g/mol. The van der Waals surface area contributed by atoms with Crippen LogP contribution in [-0.2, 0) is 19.1 Å². The van der Waals surface area contributed by atoms with Crippen LogP contribution in [0, 0.1) is 12.8 Å². The number of methoxy groups -OCH3 is 2. The van der Waals surface area contributed by atoms with Gasteiger partial charge in [0.15, 0.2) is 6.04 Å². The molecule has 2 aromatic heterocycles. The molecule has 4 rings (SSSR count). The summed E-state index contributed by atoms with van der Waals surface area (Å²) < 4.78 is 11.8. The Morgan fingerprint density at radius 2 is 1.68 bits per heavy atom. The van der Waals surface area contributed by atoms with Crippen molar-refractivity contribution < 1.29 is 19.1 Å². The maximum Gasteiger partial charge on any atom is 0.331 e. The van der Waals surface area contributed by atoms with Crippen LogP contribution in [0.3, 0.4) is 0 Å². The van der Waals surface area contributed by atoms with Crippen molar-refractivity contribution in [1.29, 1.82) is 0 Å². The first-order valence-electron chi connectivity index (χ1n) is 9.72. The lowest BCUT2D eigenvalue weighted by atomic mass is 9.88. The first kappa shape index (κ1) is 20.5. The van der Waals surface area contributed by atoms with Crippen LogP contribution in [0.1, 0.15) is 17.3 Å². The minimum atomic E-state index is -1.04. The number of nitrogens with one attached hydrogen (secondary N) is 1. The lowest BCUT2D eigenvalue weighted by Gasteiger charge is -2.25. The van der Waals surface area contributed by atoms with Crippen molar-refractivity contribution in [3.8, 4) is 0 Å². The lowest BCUT2D eigenvalue weighted by molar-refractivity contribution is -0.153. The van der Waals surface area contributed by atoms with Gasteiger partial charge in [-0.25, -0.2) is 10.2 Å². The Morgan fingerprint density at radius 1 is 1.00 bits per heavy atom. The number of carbonyl (C=O) groups excluding carboxylic acids is 2. The molecule has 3 aromatic rings. The molecule has 160 valence electrons. The summed E-state index contributed by atoms with van der Waals surface area (Å²) in [5.74, 6) is -2.29. The number of aryl methyl sites for hydroxylation is 1. The Kier molecular flexibility index (Phi) is 5.43. The van der Waals surface area contributed by atoms with Gasteiger partial charge < -0.3 is 13.9 Å². The van der Waals surface area contributed by atoms with Crippen molar-refractivity contribution >= 4 is 23.3 Å². The largest absolute Gasteiger partial charge is 0.469 e. The van der Waals surface area contributed by atoms with E-state index in [-0.39, 0.29) is 5.56 Å². The summed E-state index contributed by atoms with van der Waals surface area (Å²) in [6, 6.07) is 12.5. The molecule has 0 saturated carbocycles. The third-order valence-corrected chi connectivity index (χ3v) is 5.55. The zero-order chi connectivity index (χ0) is 22.1. The van der Waals surface area contributed by atoms with Gasteiger partial charge in [-0.1, -0.05) is 24.3 Å². The number of fused-ring (bicyclic) bond motifs is 1. The van der Waals surface area contributed by atoms with Crippen molar-refractivity contribution in [3.63, 3.8) is 0 Å². The number of carbonyl (C=O) groups is 2. The molecule has 0 unspecified atom stereocenters. The summed E-state index contributed by atoms with van der Waals surface area (Å²) in [4.78, 5) is 42.8. The molecule has 1 saturated heterocycles. The van der Waals surface area contributed by atoms with E-state index in [0.29, 0.717) is 17.0 Å². The van der Waals surface area contributed by atoms with Gasteiger partial charge in [0.1, 0.15) is 11.6 Å². The minimum Gasteiger partial charge on any atom is -0.469 e. The fourth-order valence-corrected chi connectivity index (χ4v) is 4.11. The molecule has 3 heterocycles. The molecular formula is C22H22N4O5. The zero-order valence-electron chi connectivity index (χ0n) is 17.3. The quantitative estimate of drug-likeness (QED) is 0.630. The van der Waals surface area contributed by atoms with Gasteiger partial charge in [0, 0.05) is 11.9 Å². The van der Waals surface area contributed by atoms with E-state index in [9.17, 15) is 14.4 Å². The molecule has 0 aliphatic carbocycles. The maximum atomic E-state index is 13.0. The highest BCUT2D eigenvalue weighted by Gasteiger charge is 2.53. The smallest absolute Gasteiger partial charge is 0.331 e. The number of hydrogen-bond donors (Lipinski definition) is 1. The molecule has 1 aliphatic rings. The van der Waals surface area contributed by atoms with Gasteiger partial charge in [0.25, 0.3) is 5.56 Å². The highest BCUT2D eigenvalue weighted by Crippen LogP contribution is 2.37. The van der Waals surface area contributed by atoms with E-state index in [1.807, 2.05) is 24.3 Å². The molecule has 1 N–H and O–H groups in total. The van der Waals surface area contributed by atoms with Crippen LogP contribution >= 0.6 is 0 Å². The van der Waals surface area contributed by atoms with Gasteiger partial charge in [-0.15, -0.1) is 0 Å². The van der Waals surface area contributed by atoms with Crippen molar-refractivity contribution in [2.45, 2.75) is 19.0 Å². The van der Waals surface area contributed by atoms with Crippen molar-refractivity contribution in [1.82, 2.24) is 14.8 Å². The zero-order valence-corrected chi connectivity index (χ0v) is 17.3.